The third-order valence-electron chi connectivity index (χ3n) is 1.98. The van der Waals surface area contributed by atoms with Crippen LogP contribution in [0.3, 0.4) is 0 Å². The van der Waals surface area contributed by atoms with E-state index in [1.54, 1.807) is 0 Å². The third-order valence-corrected chi connectivity index (χ3v) is 3.81. The molecular weight excluding hydrogens is 270 g/mol. The number of thiol groups is 1. The topological polar surface area (TPSA) is 72.2 Å². The van der Waals surface area contributed by atoms with Crippen molar-refractivity contribution in [3.63, 3.8) is 0 Å². The van der Waals surface area contributed by atoms with E-state index in [4.69, 9.17) is 5.73 Å². The zero-order valence-corrected chi connectivity index (χ0v) is 10.5. The summed E-state index contributed by atoms with van der Waals surface area (Å²) < 4.78 is 50.0. The number of anilines is 2. The molecule has 0 bridgehead atoms. The average molecular weight is 282 g/mol. The van der Waals surface area contributed by atoms with E-state index in [2.05, 4.69) is 17.4 Å². The molecule has 1 rings (SSSR count). The SMILES string of the molecule is Nc1c(F)ccc(NS(=O)(=O)CCCF)c1S. The van der Waals surface area contributed by atoms with E-state index < -0.39 is 22.5 Å². The van der Waals surface area contributed by atoms with Gasteiger partial charge in [-0.25, -0.2) is 12.8 Å². The minimum absolute atomic E-state index is 0.00817. The van der Waals surface area contributed by atoms with Crippen LogP contribution in [0.2, 0.25) is 0 Å². The molecule has 0 aliphatic heterocycles. The van der Waals surface area contributed by atoms with Crippen molar-refractivity contribution in [3.05, 3.63) is 17.9 Å². The van der Waals surface area contributed by atoms with Gasteiger partial charge in [0.1, 0.15) is 5.82 Å². The molecule has 0 spiro atoms. The van der Waals surface area contributed by atoms with E-state index in [1.807, 2.05) is 0 Å². The largest absolute Gasteiger partial charge is 0.395 e. The second kappa shape index (κ2) is 5.54. The first-order valence-corrected chi connectivity index (χ1v) is 6.80. The van der Waals surface area contributed by atoms with Crippen LogP contribution in [-0.4, -0.2) is 20.8 Å². The quantitative estimate of drug-likeness (QED) is 0.569. The van der Waals surface area contributed by atoms with Gasteiger partial charge in [-0.3, -0.25) is 9.11 Å². The van der Waals surface area contributed by atoms with Crippen LogP contribution >= 0.6 is 12.6 Å². The fourth-order valence-electron chi connectivity index (χ4n) is 1.13. The zero-order valence-electron chi connectivity index (χ0n) is 8.78. The van der Waals surface area contributed by atoms with Crippen molar-refractivity contribution in [3.8, 4) is 0 Å². The summed E-state index contributed by atoms with van der Waals surface area (Å²) in [5, 5.41) is 0. The smallest absolute Gasteiger partial charge is 0.232 e. The molecule has 17 heavy (non-hydrogen) atoms. The number of rotatable bonds is 5. The molecule has 0 fully saturated rings. The summed E-state index contributed by atoms with van der Waals surface area (Å²) in [6, 6.07) is 2.24. The number of hydrogen-bond acceptors (Lipinski definition) is 4. The first kappa shape index (κ1) is 14.0. The van der Waals surface area contributed by atoms with Gasteiger partial charge >= 0.3 is 0 Å². The van der Waals surface area contributed by atoms with E-state index in [0.717, 1.165) is 6.07 Å². The highest BCUT2D eigenvalue weighted by Gasteiger charge is 2.14. The van der Waals surface area contributed by atoms with Crippen molar-refractivity contribution < 1.29 is 17.2 Å². The van der Waals surface area contributed by atoms with Gasteiger partial charge in [0.2, 0.25) is 10.0 Å². The second-order valence-corrected chi connectivity index (χ2v) is 5.61. The van der Waals surface area contributed by atoms with Gasteiger partial charge in [-0.2, -0.15) is 0 Å². The lowest BCUT2D eigenvalue weighted by Gasteiger charge is -2.11. The van der Waals surface area contributed by atoms with E-state index in [-0.39, 0.29) is 28.4 Å². The Balaban J connectivity index is 2.93. The van der Waals surface area contributed by atoms with Gasteiger partial charge in [-0.05, 0) is 18.6 Å². The number of benzene rings is 1. The molecular formula is C9H12F2N2O2S2. The highest BCUT2D eigenvalue weighted by Crippen LogP contribution is 2.29. The molecule has 0 aromatic heterocycles. The van der Waals surface area contributed by atoms with Gasteiger partial charge in [0.15, 0.2) is 0 Å². The molecule has 0 radical (unpaired) electrons. The fraction of sp³-hybridized carbons (Fsp3) is 0.333. The maximum atomic E-state index is 13.0. The Morgan fingerprint density at radius 1 is 1.41 bits per heavy atom. The van der Waals surface area contributed by atoms with Crippen LogP contribution in [0.25, 0.3) is 0 Å². The summed E-state index contributed by atoms with van der Waals surface area (Å²) >= 11 is 3.92. The first-order chi connectivity index (χ1) is 7.87. The average Bonchev–Trinajstić information content (AvgIpc) is 2.27. The molecule has 0 saturated carbocycles. The van der Waals surface area contributed by atoms with Crippen molar-refractivity contribution in [2.45, 2.75) is 11.3 Å². The van der Waals surface area contributed by atoms with Gasteiger partial charge in [0.25, 0.3) is 0 Å². The Hall–Kier alpha value is -1.02. The molecule has 0 aliphatic rings. The fourth-order valence-corrected chi connectivity index (χ4v) is 2.54. The predicted octanol–water partition coefficient (Wildman–Crippen LogP) is 1.80. The van der Waals surface area contributed by atoms with Crippen molar-refractivity contribution >= 4 is 34.0 Å². The molecule has 0 heterocycles. The normalized spacial score (nSPS) is 11.5. The monoisotopic (exact) mass is 282 g/mol. The Bertz CT molecular complexity index is 506. The van der Waals surface area contributed by atoms with Crippen LogP contribution < -0.4 is 10.5 Å². The lowest BCUT2D eigenvalue weighted by atomic mass is 10.3. The Labute approximate surface area is 104 Å². The maximum Gasteiger partial charge on any atom is 0.232 e. The number of halogens is 2. The summed E-state index contributed by atoms with van der Waals surface area (Å²) in [6.07, 6.45) is -0.103. The van der Waals surface area contributed by atoms with Gasteiger partial charge in [-0.1, -0.05) is 0 Å². The maximum absolute atomic E-state index is 13.0. The van der Waals surface area contributed by atoms with Crippen LogP contribution in [0.4, 0.5) is 20.2 Å². The summed E-state index contributed by atoms with van der Waals surface area (Å²) in [4.78, 5) is 0.00817. The Morgan fingerprint density at radius 3 is 2.65 bits per heavy atom. The third kappa shape index (κ3) is 3.74. The van der Waals surface area contributed by atoms with E-state index in [1.165, 1.54) is 6.07 Å². The zero-order chi connectivity index (χ0) is 13.1. The van der Waals surface area contributed by atoms with E-state index in [9.17, 15) is 17.2 Å². The minimum Gasteiger partial charge on any atom is -0.395 e. The summed E-state index contributed by atoms with van der Waals surface area (Å²) in [6.45, 7) is -0.722. The number of nitrogens with one attached hydrogen (secondary N) is 1. The van der Waals surface area contributed by atoms with Gasteiger partial charge in [0, 0.05) is 0 Å². The summed E-state index contributed by atoms with van der Waals surface area (Å²) in [7, 11) is -3.67. The molecule has 0 unspecified atom stereocenters. The number of hydrogen-bond donors (Lipinski definition) is 3. The van der Waals surface area contributed by atoms with E-state index in [0.29, 0.717) is 0 Å². The lowest BCUT2D eigenvalue weighted by Crippen LogP contribution is -2.17. The Morgan fingerprint density at radius 2 is 2.06 bits per heavy atom. The first-order valence-electron chi connectivity index (χ1n) is 4.71. The van der Waals surface area contributed by atoms with Crippen LogP contribution in [-0.2, 0) is 10.0 Å². The van der Waals surface area contributed by atoms with Crippen molar-refractivity contribution in [1.29, 1.82) is 0 Å². The molecule has 0 saturated heterocycles. The highest BCUT2D eigenvalue weighted by molar-refractivity contribution is 7.92. The minimum atomic E-state index is -3.67. The van der Waals surface area contributed by atoms with Crippen LogP contribution in [0.15, 0.2) is 17.0 Å². The molecule has 3 N–H and O–H groups in total. The molecule has 4 nitrogen and oxygen atoms in total. The van der Waals surface area contributed by atoms with Crippen molar-refractivity contribution in [1.82, 2.24) is 0 Å². The van der Waals surface area contributed by atoms with E-state index >= 15 is 0 Å². The van der Waals surface area contributed by atoms with Gasteiger partial charge in [0.05, 0.1) is 28.7 Å². The number of sulfonamides is 1. The predicted molar refractivity (Wildman–Crippen MR) is 66.1 cm³/mol. The van der Waals surface area contributed by atoms with Crippen LogP contribution in [0, 0.1) is 5.82 Å². The summed E-state index contributed by atoms with van der Waals surface area (Å²) in [5.74, 6) is -1.03. The van der Waals surface area contributed by atoms with Crippen molar-refractivity contribution in [2.24, 2.45) is 0 Å². The second-order valence-electron chi connectivity index (χ2n) is 3.32. The molecule has 0 aliphatic carbocycles. The number of nitrogen functional groups attached to an aromatic ring is 1. The van der Waals surface area contributed by atoms with Gasteiger partial charge in [-0.15, -0.1) is 12.6 Å². The Kier molecular flexibility index (Phi) is 4.58. The van der Waals surface area contributed by atoms with Crippen LogP contribution in [0.1, 0.15) is 6.42 Å². The number of alkyl halides is 1. The molecule has 96 valence electrons. The molecule has 0 amide bonds. The van der Waals surface area contributed by atoms with Crippen LogP contribution in [0.5, 0.6) is 0 Å². The molecule has 1 aromatic carbocycles. The molecule has 1 aromatic rings. The molecule has 8 heteroatoms. The number of nitrogens with two attached hydrogens (primary N) is 1. The standard InChI is InChI=1S/C9H12F2N2O2S2/c10-4-1-5-17(14,15)13-7-3-2-6(11)8(12)9(7)16/h2-3,13,16H,1,4-5,12H2. The van der Waals surface area contributed by atoms with Crippen molar-refractivity contribution in [2.75, 3.05) is 22.9 Å². The highest BCUT2D eigenvalue weighted by atomic mass is 32.2. The summed E-state index contributed by atoms with van der Waals surface area (Å²) in [5.41, 5.74) is 5.19. The molecule has 0 atom stereocenters. The lowest BCUT2D eigenvalue weighted by molar-refractivity contribution is 0.484. The van der Waals surface area contributed by atoms with Gasteiger partial charge < -0.3 is 5.73 Å².